The SMILES string of the molecule is CO[C@H]1OC[C@H](C)C(=O)[C@H]1C. The summed E-state index contributed by atoms with van der Waals surface area (Å²) in [5.74, 6) is 0.142. The minimum atomic E-state index is -0.335. The molecule has 0 spiro atoms. The molecule has 0 aromatic heterocycles. The Morgan fingerprint density at radius 2 is 2.18 bits per heavy atom. The predicted octanol–water partition coefficient (Wildman–Crippen LogP) is 0.830. The Morgan fingerprint density at radius 1 is 1.55 bits per heavy atom. The van der Waals surface area contributed by atoms with Gasteiger partial charge in [-0.1, -0.05) is 13.8 Å². The van der Waals surface area contributed by atoms with Gasteiger partial charge in [0.05, 0.1) is 12.5 Å². The summed E-state index contributed by atoms with van der Waals surface area (Å²) in [4.78, 5) is 11.3. The van der Waals surface area contributed by atoms with Crippen molar-refractivity contribution in [2.45, 2.75) is 20.1 Å². The van der Waals surface area contributed by atoms with E-state index in [1.54, 1.807) is 7.11 Å². The van der Waals surface area contributed by atoms with Crippen LogP contribution in [0.3, 0.4) is 0 Å². The molecule has 0 amide bonds. The summed E-state index contributed by atoms with van der Waals surface area (Å²) in [6.45, 7) is 4.21. The molecule has 3 atom stereocenters. The van der Waals surface area contributed by atoms with Gasteiger partial charge in [-0.2, -0.15) is 0 Å². The van der Waals surface area contributed by atoms with Crippen molar-refractivity contribution in [2.75, 3.05) is 13.7 Å². The molecule has 1 heterocycles. The highest BCUT2D eigenvalue weighted by Crippen LogP contribution is 2.21. The highest BCUT2D eigenvalue weighted by molar-refractivity contribution is 5.83. The fourth-order valence-electron chi connectivity index (χ4n) is 1.32. The topological polar surface area (TPSA) is 35.5 Å². The molecule has 0 bridgehead atoms. The smallest absolute Gasteiger partial charge is 0.166 e. The van der Waals surface area contributed by atoms with Crippen LogP contribution in [0, 0.1) is 11.8 Å². The third kappa shape index (κ3) is 1.60. The first kappa shape index (κ1) is 8.68. The first-order valence-electron chi connectivity index (χ1n) is 3.85. The molecule has 0 radical (unpaired) electrons. The van der Waals surface area contributed by atoms with Crippen molar-refractivity contribution in [1.82, 2.24) is 0 Å². The molecule has 1 aliphatic heterocycles. The molecule has 1 rings (SSSR count). The van der Waals surface area contributed by atoms with E-state index in [0.29, 0.717) is 6.61 Å². The molecule has 0 aromatic rings. The van der Waals surface area contributed by atoms with Gasteiger partial charge < -0.3 is 9.47 Å². The molecule has 0 unspecified atom stereocenters. The minimum Gasteiger partial charge on any atom is -0.355 e. The van der Waals surface area contributed by atoms with Crippen molar-refractivity contribution in [2.24, 2.45) is 11.8 Å². The van der Waals surface area contributed by atoms with E-state index in [1.807, 2.05) is 13.8 Å². The maximum Gasteiger partial charge on any atom is 0.166 e. The van der Waals surface area contributed by atoms with Gasteiger partial charge in [-0.3, -0.25) is 4.79 Å². The molecular weight excluding hydrogens is 144 g/mol. The highest BCUT2D eigenvalue weighted by Gasteiger charge is 2.33. The van der Waals surface area contributed by atoms with Crippen LogP contribution >= 0.6 is 0 Å². The number of carbonyl (C=O) groups is 1. The molecule has 0 saturated carbocycles. The van der Waals surface area contributed by atoms with E-state index in [9.17, 15) is 4.79 Å². The average Bonchev–Trinajstić information content (AvgIpc) is 2.01. The lowest BCUT2D eigenvalue weighted by Gasteiger charge is -2.30. The second-order valence-corrected chi connectivity index (χ2v) is 3.03. The van der Waals surface area contributed by atoms with Crippen molar-refractivity contribution >= 4 is 5.78 Å². The van der Waals surface area contributed by atoms with Gasteiger partial charge in [0.1, 0.15) is 5.78 Å². The summed E-state index contributed by atoms with van der Waals surface area (Å²) in [7, 11) is 1.56. The summed E-state index contributed by atoms with van der Waals surface area (Å²) >= 11 is 0. The van der Waals surface area contributed by atoms with Crippen molar-refractivity contribution in [3.8, 4) is 0 Å². The summed E-state index contributed by atoms with van der Waals surface area (Å²) in [6.07, 6.45) is -0.335. The number of hydrogen-bond acceptors (Lipinski definition) is 3. The van der Waals surface area contributed by atoms with Crippen LogP contribution in [-0.4, -0.2) is 25.8 Å². The van der Waals surface area contributed by atoms with Crippen LogP contribution in [-0.2, 0) is 14.3 Å². The van der Waals surface area contributed by atoms with E-state index in [1.165, 1.54) is 0 Å². The second kappa shape index (κ2) is 3.32. The normalized spacial score (nSPS) is 39.2. The molecule has 0 aliphatic carbocycles. The number of Topliss-reactive ketones (excluding diaryl/α,β-unsaturated/α-hetero) is 1. The first-order chi connectivity index (χ1) is 5.16. The number of ether oxygens (including phenoxy) is 2. The number of ketones is 1. The fraction of sp³-hybridized carbons (Fsp3) is 0.875. The van der Waals surface area contributed by atoms with Crippen molar-refractivity contribution in [3.63, 3.8) is 0 Å². The Hall–Kier alpha value is -0.410. The third-order valence-electron chi connectivity index (χ3n) is 2.09. The van der Waals surface area contributed by atoms with Crippen LogP contribution in [0.2, 0.25) is 0 Å². The summed E-state index contributed by atoms with van der Waals surface area (Å²) in [5.41, 5.74) is 0. The molecule has 64 valence electrons. The van der Waals surface area contributed by atoms with Gasteiger partial charge in [0.15, 0.2) is 6.29 Å². The largest absolute Gasteiger partial charge is 0.355 e. The fourth-order valence-corrected chi connectivity index (χ4v) is 1.32. The Bertz CT molecular complexity index is 155. The molecule has 0 aromatic carbocycles. The molecule has 0 N–H and O–H groups in total. The summed E-state index contributed by atoms with van der Waals surface area (Å²) in [5, 5.41) is 0. The Kier molecular flexibility index (Phi) is 2.62. The molecular formula is C8H14O3. The third-order valence-corrected chi connectivity index (χ3v) is 2.09. The molecule has 3 heteroatoms. The van der Waals surface area contributed by atoms with E-state index < -0.39 is 0 Å². The zero-order valence-corrected chi connectivity index (χ0v) is 7.16. The maximum atomic E-state index is 11.3. The van der Waals surface area contributed by atoms with E-state index in [4.69, 9.17) is 9.47 Å². The number of methoxy groups -OCH3 is 1. The Labute approximate surface area is 66.7 Å². The van der Waals surface area contributed by atoms with Crippen LogP contribution in [0.4, 0.5) is 0 Å². The number of hydrogen-bond donors (Lipinski definition) is 0. The lowest BCUT2D eigenvalue weighted by atomic mass is 9.93. The van der Waals surface area contributed by atoms with Crippen LogP contribution in [0.1, 0.15) is 13.8 Å². The summed E-state index contributed by atoms with van der Waals surface area (Å²) in [6, 6.07) is 0. The molecule has 1 fully saturated rings. The van der Waals surface area contributed by atoms with E-state index in [0.717, 1.165) is 0 Å². The predicted molar refractivity (Wildman–Crippen MR) is 40.1 cm³/mol. The second-order valence-electron chi connectivity index (χ2n) is 3.03. The van der Waals surface area contributed by atoms with Crippen LogP contribution < -0.4 is 0 Å². The van der Waals surface area contributed by atoms with Gasteiger partial charge in [-0.15, -0.1) is 0 Å². The van der Waals surface area contributed by atoms with E-state index in [2.05, 4.69) is 0 Å². The molecule has 11 heavy (non-hydrogen) atoms. The molecule has 3 nitrogen and oxygen atoms in total. The first-order valence-corrected chi connectivity index (χ1v) is 3.85. The monoisotopic (exact) mass is 158 g/mol. The van der Waals surface area contributed by atoms with Crippen LogP contribution in [0.15, 0.2) is 0 Å². The average molecular weight is 158 g/mol. The lowest BCUT2D eigenvalue weighted by Crippen LogP contribution is -2.41. The van der Waals surface area contributed by atoms with Crippen LogP contribution in [0.5, 0.6) is 0 Å². The van der Waals surface area contributed by atoms with Gasteiger partial charge in [-0.05, 0) is 0 Å². The van der Waals surface area contributed by atoms with Crippen molar-refractivity contribution in [1.29, 1.82) is 0 Å². The van der Waals surface area contributed by atoms with Crippen molar-refractivity contribution in [3.05, 3.63) is 0 Å². The van der Waals surface area contributed by atoms with Gasteiger partial charge in [0.2, 0.25) is 0 Å². The minimum absolute atomic E-state index is 0.0244. The zero-order chi connectivity index (χ0) is 8.43. The maximum absolute atomic E-state index is 11.3. The van der Waals surface area contributed by atoms with Gasteiger partial charge in [-0.25, -0.2) is 0 Å². The Balaban J connectivity index is 2.59. The van der Waals surface area contributed by atoms with Gasteiger partial charge >= 0.3 is 0 Å². The molecule has 1 aliphatic rings. The zero-order valence-electron chi connectivity index (χ0n) is 7.16. The lowest BCUT2D eigenvalue weighted by molar-refractivity contribution is -0.189. The molecule has 1 saturated heterocycles. The standard InChI is InChI=1S/C8H14O3/c1-5-4-11-8(10-3)6(2)7(5)9/h5-6,8H,4H2,1-3H3/t5-,6+,8-/m0/s1. The number of rotatable bonds is 1. The van der Waals surface area contributed by atoms with Gasteiger partial charge in [0, 0.05) is 13.0 Å². The quantitative estimate of drug-likeness (QED) is 0.567. The van der Waals surface area contributed by atoms with Crippen LogP contribution in [0.25, 0.3) is 0 Å². The van der Waals surface area contributed by atoms with Crippen molar-refractivity contribution < 1.29 is 14.3 Å². The van der Waals surface area contributed by atoms with E-state index in [-0.39, 0.29) is 23.9 Å². The van der Waals surface area contributed by atoms with Gasteiger partial charge in [0.25, 0.3) is 0 Å². The van der Waals surface area contributed by atoms with E-state index >= 15 is 0 Å². The number of carbonyl (C=O) groups excluding carboxylic acids is 1. The highest BCUT2D eigenvalue weighted by atomic mass is 16.7. The summed E-state index contributed by atoms with van der Waals surface area (Å²) < 4.78 is 10.3. The Morgan fingerprint density at radius 3 is 2.73 bits per heavy atom.